The van der Waals surface area contributed by atoms with Gasteiger partial charge >= 0.3 is 0 Å². The van der Waals surface area contributed by atoms with E-state index in [1.807, 2.05) is 23.1 Å². The lowest BCUT2D eigenvalue weighted by molar-refractivity contribution is -0.117. The Labute approximate surface area is 141 Å². The number of thioether (sulfide) groups is 1. The third kappa shape index (κ3) is 4.13. The van der Waals surface area contributed by atoms with Crippen molar-refractivity contribution in [3.8, 4) is 0 Å². The van der Waals surface area contributed by atoms with Gasteiger partial charge in [0, 0.05) is 50.5 Å². The molecule has 2 fully saturated rings. The van der Waals surface area contributed by atoms with Crippen LogP contribution in [0.4, 0.5) is 5.69 Å². The zero-order valence-corrected chi connectivity index (χ0v) is 14.2. The highest BCUT2D eigenvalue weighted by Gasteiger charge is 2.33. The molecule has 124 valence electrons. The molecule has 1 atom stereocenters. The number of nitrogens with zero attached hydrogens (tertiary/aromatic N) is 2. The maximum Gasteiger partial charge on any atom is 0.228 e. The number of carbonyl (C=O) groups excluding carboxylic acids is 2. The zero-order chi connectivity index (χ0) is 16.2. The second-order valence-corrected chi connectivity index (χ2v) is 7.43. The van der Waals surface area contributed by atoms with Crippen LogP contribution in [-0.4, -0.2) is 54.0 Å². The molecular weight excluding hydrogens is 312 g/mol. The van der Waals surface area contributed by atoms with Gasteiger partial charge in [0.15, 0.2) is 5.12 Å². The first-order valence-corrected chi connectivity index (χ1v) is 8.87. The molecule has 1 aromatic carbocycles. The fourth-order valence-electron chi connectivity index (χ4n) is 3.13. The number of hydrogen-bond acceptors (Lipinski definition) is 5. The van der Waals surface area contributed by atoms with Crippen LogP contribution in [0.5, 0.6) is 0 Å². The Morgan fingerprint density at radius 2 is 2.04 bits per heavy atom. The standard InChI is InChI=1S/C17H22N2O3S/c1-13(20)23-15-10-17(21)19(12-15)16-5-3-2-4-14(16)11-18-6-8-22-9-7-18/h2-5,15H,6-12H2,1H3. The van der Waals surface area contributed by atoms with Crippen molar-refractivity contribution in [3.63, 3.8) is 0 Å². The summed E-state index contributed by atoms with van der Waals surface area (Å²) in [6.07, 6.45) is 0.441. The Bertz CT molecular complexity index is 587. The van der Waals surface area contributed by atoms with Crippen molar-refractivity contribution < 1.29 is 14.3 Å². The number of morpholine rings is 1. The van der Waals surface area contributed by atoms with Crippen LogP contribution in [0.2, 0.25) is 0 Å². The van der Waals surface area contributed by atoms with Crippen LogP contribution in [0.15, 0.2) is 24.3 Å². The normalized spacial score (nSPS) is 22.6. The number of ether oxygens (including phenoxy) is 1. The average Bonchev–Trinajstić information content (AvgIpc) is 2.88. The predicted octanol–water partition coefficient (Wildman–Crippen LogP) is 1.90. The Morgan fingerprint density at radius 1 is 1.30 bits per heavy atom. The fourth-order valence-corrected chi connectivity index (χ4v) is 4.05. The van der Waals surface area contributed by atoms with Gasteiger partial charge in [-0.15, -0.1) is 0 Å². The van der Waals surface area contributed by atoms with Gasteiger partial charge in [-0.05, 0) is 11.6 Å². The second kappa shape index (κ2) is 7.47. The number of para-hydroxylation sites is 1. The van der Waals surface area contributed by atoms with Crippen LogP contribution in [-0.2, 0) is 20.9 Å². The first kappa shape index (κ1) is 16.5. The Balaban J connectivity index is 1.74. The molecule has 3 rings (SSSR count). The lowest BCUT2D eigenvalue weighted by Crippen LogP contribution is -2.36. The number of hydrogen-bond donors (Lipinski definition) is 0. The molecule has 0 aromatic heterocycles. The zero-order valence-electron chi connectivity index (χ0n) is 13.4. The third-order valence-electron chi connectivity index (χ3n) is 4.20. The van der Waals surface area contributed by atoms with E-state index in [1.54, 1.807) is 6.92 Å². The summed E-state index contributed by atoms with van der Waals surface area (Å²) in [7, 11) is 0. The monoisotopic (exact) mass is 334 g/mol. The minimum Gasteiger partial charge on any atom is -0.379 e. The van der Waals surface area contributed by atoms with E-state index in [1.165, 1.54) is 11.8 Å². The summed E-state index contributed by atoms with van der Waals surface area (Å²) in [5.41, 5.74) is 2.15. The van der Waals surface area contributed by atoms with Gasteiger partial charge in [-0.3, -0.25) is 14.5 Å². The molecule has 2 aliphatic rings. The first-order chi connectivity index (χ1) is 11.1. The maximum atomic E-state index is 12.4. The number of carbonyl (C=O) groups is 2. The van der Waals surface area contributed by atoms with E-state index >= 15 is 0 Å². The molecule has 2 aliphatic heterocycles. The van der Waals surface area contributed by atoms with Crippen LogP contribution in [0.3, 0.4) is 0 Å². The smallest absolute Gasteiger partial charge is 0.228 e. The van der Waals surface area contributed by atoms with Gasteiger partial charge in [-0.2, -0.15) is 0 Å². The van der Waals surface area contributed by atoms with E-state index in [4.69, 9.17) is 4.74 Å². The molecule has 1 aromatic rings. The molecule has 2 heterocycles. The first-order valence-electron chi connectivity index (χ1n) is 7.99. The van der Waals surface area contributed by atoms with Gasteiger partial charge in [0.25, 0.3) is 0 Å². The SMILES string of the molecule is CC(=O)SC1CC(=O)N(c2ccccc2CN2CCOCC2)C1. The molecule has 0 spiro atoms. The number of amides is 1. The van der Waals surface area contributed by atoms with Crippen LogP contribution >= 0.6 is 11.8 Å². The van der Waals surface area contributed by atoms with E-state index in [-0.39, 0.29) is 16.3 Å². The quantitative estimate of drug-likeness (QED) is 0.842. The number of rotatable bonds is 4. The summed E-state index contributed by atoms with van der Waals surface area (Å²) in [6.45, 7) is 6.38. The van der Waals surface area contributed by atoms with Crippen molar-refractivity contribution in [1.82, 2.24) is 4.90 Å². The van der Waals surface area contributed by atoms with Crippen molar-refractivity contribution in [2.24, 2.45) is 0 Å². The number of benzene rings is 1. The van der Waals surface area contributed by atoms with Gasteiger partial charge in [-0.1, -0.05) is 30.0 Å². The van der Waals surface area contributed by atoms with Gasteiger partial charge < -0.3 is 9.64 Å². The fraction of sp³-hybridized carbons (Fsp3) is 0.529. The van der Waals surface area contributed by atoms with Crippen molar-refractivity contribution in [2.75, 3.05) is 37.7 Å². The molecule has 0 radical (unpaired) electrons. The van der Waals surface area contributed by atoms with Crippen molar-refractivity contribution >= 4 is 28.5 Å². The largest absolute Gasteiger partial charge is 0.379 e. The third-order valence-corrected chi connectivity index (χ3v) is 5.18. The van der Waals surface area contributed by atoms with Gasteiger partial charge in [-0.25, -0.2) is 0 Å². The minimum atomic E-state index is 0.0662. The van der Waals surface area contributed by atoms with E-state index < -0.39 is 0 Å². The Kier molecular flexibility index (Phi) is 5.35. The van der Waals surface area contributed by atoms with Crippen LogP contribution < -0.4 is 4.90 Å². The molecule has 0 N–H and O–H groups in total. The predicted molar refractivity (Wildman–Crippen MR) is 91.6 cm³/mol. The van der Waals surface area contributed by atoms with Gasteiger partial charge in [0.1, 0.15) is 0 Å². The topological polar surface area (TPSA) is 49.9 Å². The number of anilines is 1. The molecule has 2 saturated heterocycles. The van der Waals surface area contributed by atoms with Crippen molar-refractivity contribution in [1.29, 1.82) is 0 Å². The van der Waals surface area contributed by atoms with E-state index in [0.29, 0.717) is 13.0 Å². The van der Waals surface area contributed by atoms with Gasteiger partial charge in [0.05, 0.1) is 13.2 Å². The summed E-state index contributed by atoms with van der Waals surface area (Å²) >= 11 is 1.28. The van der Waals surface area contributed by atoms with Crippen LogP contribution in [0, 0.1) is 0 Å². The Hall–Kier alpha value is -1.37. The summed E-state index contributed by atoms with van der Waals surface area (Å²) in [5.74, 6) is 0.109. The molecular formula is C17H22N2O3S. The highest BCUT2D eigenvalue weighted by Crippen LogP contribution is 2.31. The molecule has 6 heteroatoms. The van der Waals surface area contributed by atoms with Crippen molar-refractivity contribution in [2.45, 2.75) is 25.1 Å². The van der Waals surface area contributed by atoms with Gasteiger partial charge in [0.2, 0.25) is 5.91 Å². The van der Waals surface area contributed by atoms with E-state index in [0.717, 1.165) is 44.1 Å². The average molecular weight is 334 g/mol. The molecule has 0 saturated carbocycles. The minimum absolute atomic E-state index is 0.0662. The summed E-state index contributed by atoms with van der Waals surface area (Å²) in [6, 6.07) is 8.08. The molecule has 5 nitrogen and oxygen atoms in total. The highest BCUT2D eigenvalue weighted by atomic mass is 32.2. The molecule has 1 amide bonds. The van der Waals surface area contributed by atoms with Crippen molar-refractivity contribution in [3.05, 3.63) is 29.8 Å². The second-order valence-electron chi connectivity index (χ2n) is 5.96. The van der Waals surface area contributed by atoms with E-state index in [2.05, 4.69) is 11.0 Å². The van der Waals surface area contributed by atoms with Crippen LogP contribution in [0.25, 0.3) is 0 Å². The maximum absolute atomic E-state index is 12.4. The molecule has 0 bridgehead atoms. The van der Waals surface area contributed by atoms with Crippen LogP contribution in [0.1, 0.15) is 18.9 Å². The molecule has 1 unspecified atom stereocenters. The Morgan fingerprint density at radius 3 is 2.78 bits per heavy atom. The lowest BCUT2D eigenvalue weighted by atomic mass is 10.1. The summed E-state index contributed by atoms with van der Waals surface area (Å²) in [5, 5.41) is 0.141. The molecule has 0 aliphatic carbocycles. The van der Waals surface area contributed by atoms with E-state index in [9.17, 15) is 9.59 Å². The summed E-state index contributed by atoms with van der Waals surface area (Å²) < 4.78 is 5.39. The highest BCUT2D eigenvalue weighted by molar-refractivity contribution is 8.14. The summed E-state index contributed by atoms with van der Waals surface area (Å²) in [4.78, 5) is 27.9. The lowest BCUT2D eigenvalue weighted by Gasteiger charge is -2.28. The molecule has 23 heavy (non-hydrogen) atoms.